The second-order valence-electron chi connectivity index (χ2n) is 7.16. The Bertz CT molecular complexity index is 809. The summed E-state index contributed by atoms with van der Waals surface area (Å²) in [6.07, 6.45) is -3.16. The average Bonchev–Trinajstić information content (AvgIpc) is 2.84. The average molecular weight is 417 g/mol. The Morgan fingerprint density at radius 2 is 2.04 bits per heavy atom. The molecular weight excluding hydrogens is 395 g/mol. The lowest BCUT2D eigenvalue weighted by Crippen LogP contribution is -2.38. The molecule has 3 N–H and O–H groups in total. The molecule has 1 heterocycles. The molecule has 156 valence electrons. The predicted octanol–water partition coefficient (Wildman–Crippen LogP) is 0.972. The van der Waals surface area contributed by atoms with Crippen molar-refractivity contribution in [2.75, 3.05) is 6.61 Å². The molecule has 0 aromatic rings. The van der Waals surface area contributed by atoms with E-state index in [0.717, 1.165) is 0 Å². The zero-order chi connectivity index (χ0) is 21.4. The molecule has 0 spiro atoms. The van der Waals surface area contributed by atoms with Gasteiger partial charge in [-0.2, -0.15) is 0 Å². The lowest BCUT2D eigenvalue weighted by Gasteiger charge is -2.38. The van der Waals surface area contributed by atoms with Crippen LogP contribution in [0.3, 0.4) is 0 Å². The molecule has 1 aliphatic heterocycles. The molecule has 0 fully saturated rings. The van der Waals surface area contributed by atoms with Crippen LogP contribution in [0.25, 0.3) is 0 Å². The van der Waals surface area contributed by atoms with Gasteiger partial charge >= 0.3 is 5.97 Å². The van der Waals surface area contributed by atoms with Gasteiger partial charge in [0, 0.05) is 0 Å². The van der Waals surface area contributed by atoms with E-state index in [1.807, 2.05) is 13.8 Å². The zero-order valence-electron chi connectivity index (χ0n) is 15.6. The van der Waals surface area contributed by atoms with Crippen LogP contribution in [0.4, 0.5) is 0 Å². The summed E-state index contributed by atoms with van der Waals surface area (Å²) >= 11 is 0. The van der Waals surface area contributed by atoms with Crippen molar-refractivity contribution in [1.29, 1.82) is 0 Å². The molecule has 0 saturated heterocycles. The molecule has 0 radical (unpaired) electrons. The van der Waals surface area contributed by atoms with Crippen molar-refractivity contribution in [3.8, 4) is 0 Å². The highest BCUT2D eigenvalue weighted by Crippen LogP contribution is 2.47. The Morgan fingerprint density at radius 1 is 1.43 bits per heavy atom. The van der Waals surface area contributed by atoms with Crippen LogP contribution >= 0.6 is 7.82 Å². The Balaban J connectivity index is 2.04. The number of carbonyl (C=O) groups is 2. The van der Waals surface area contributed by atoms with Crippen molar-refractivity contribution in [1.82, 2.24) is 0 Å². The minimum Gasteiger partial charge on any atom is -0.756 e. The molecule has 0 amide bonds. The highest BCUT2D eigenvalue weighted by molar-refractivity contribution is 7.45. The normalized spacial score (nSPS) is 28.2. The lowest BCUT2D eigenvalue weighted by atomic mass is 9.71. The van der Waals surface area contributed by atoms with Gasteiger partial charge in [-0.15, -0.1) is 0 Å². The van der Waals surface area contributed by atoms with Gasteiger partial charge in [0.1, 0.15) is 12.2 Å². The van der Waals surface area contributed by atoms with E-state index >= 15 is 0 Å². The molecule has 11 heteroatoms. The van der Waals surface area contributed by atoms with Gasteiger partial charge in [0.15, 0.2) is 17.6 Å². The zero-order valence-corrected chi connectivity index (χ0v) is 16.5. The number of aliphatic hydroxyl groups excluding tert-OH is 3. The number of allylic oxidation sites excluding steroid dienone is 2. The molecule has 28 heavy (non-hydrogen) atoms. The summed E-state index contributed by atoms with van der Waals surface area (Å²) in [6, 6.07) is 0. The molecule has 0 aromatic heterocycles. The van der Waals surface area contributed by atoms with Crippen LogP contribution in [0.15, 0.2) is 35.3 Å². The van der Waals surface area contributed by atoms with E-state index in [9.17, 15) is 34.4 Å². The first-order valence-electron chi connectivity index (χ1n) is 8.34. The summed E-state index contributed by atoms with van der Waals surface area (Å²) in [5, 5.41) is 28.5. The summed E-state index contributed by atoms with van der Waals surface area (Å²) < 4.78 is 26.0. The smallest absolute Gasteiger partial charge is 0.377 e. The van der Waals surface area contributed by atoms with E-state index < -0.39 is 61.4 Å². The third kappa shape index (κ3) is 4.37. The van der Waals surface area contributed by atoms with Crippen LogP contribution in [-0.2, 0) is 27.9 Å². The Hall–Kier alpha value is -1.97. The summed E-state index contributed by atoms with van der Waals surface area (Å²) in [7, 11) is -5.03. The molecule has 4 atom stereocenters. The number of ether oxygens (including phenoxy) is 1. The van der Waals surface area contributed by atoms with Gasteiger partial charge in [-0.1, -0.05) is 26.5 Å². The third-order valence-electron chi connectivity index (χ3n) is 4.64. The van der Waals surface area contributed by atoms with Crippen molar-refractivity contribution in [2.45, 2.75) is 45.5 Å². The maximum Gasteiger partial charge on any atom is 0.377 e. The number of cyclic esters (lactones) is 1. The van der Waals surface area contributed by atoms with E-state index in [1.54, 1.807) is 13.0 Å². The first kappa shape index (κ1) is 22.3. The lowest BCUT2D eigenvalue weighted by molar-refractivity contribution is -0.232. The molecule has 10 nitrogen and oxygen atoms in total. The molecule has 0 bridgehead atoms. The monoisotopic (exact) mass is 417 g/mol. The highest BCUT2D eigenvalue weighted by atomic mass is 31.2. The Labute approximate surface area is 161 Å². The van der Waals surface area contributed by atoms with Gasteiger partial charge in [-0.25, -0.2) is 4.79 Å². The maximum atomic E-state index is 12.4. The number of phosphoric acid groups is 1. The van der Waals surface area contributed by atoms with Gasteiger partial charge in [0.25, 0.3) is 7.82 Å². The second-order valence-corrected chi connectivity index (χ2v) is 8.52. The van der Waals surface area contributed by atoms with E-state index in [-0.39, 0.29) is 6.42 Å². The number of Topliss-reactive ketones (excluding diaryl/α,β-unsaturated/α-hetero) is 1. The molecule has 2 unspecified atom stereocenters. The highest BCUT2D eigenvalue weighted by Gasteiger charge is 2.42. The number of ketones is 1. The number of hydrogen-bond acceptors (Lipinski definition) is 10. The number of carbonyl (C=O) groups excluding carboxylic acids is 2. The van der Waals surface area contributed by atoms with Crippen molar-refractivity contribution >= 4 is 19.6 Å². The third-order valence-corrected chi connectivity index (χ3v) is 5.62. The van der Waals surface area contributed by atoms with Crippen molar-refractivity contribution < 1.29 is 48.2 Å². The quantitative estimate of drug-likeness (QED) is 0.402. The molecule has 0 saturated carbocycles. The Kier molecular flexibility index (Phi) is 6.22. The SMILES string of the molecule is C=CC1=C(C)C(=O)C(OP(=O)([O-])OC[C@H](O)[C@H]2OC(=O)C(O)=C2O)CC1(C)C. The number of rotatable bonds is 7. The number of hydrogen-bond donors (Lipinski definition) is 3. The summed E-state index contributed by atoms with van der Waals surface area (Å²) in [4.78, 5) is 35.6. The van der Waals surface area contributed by atoms with E-state index in [2.05, 4.69) is 15.8 Å². The summed E-state index contributed by atoms with van der Waals surface area (Å²) in [6.45, 7) is 7.91. The van der Waals surface area contributed by atoms with Crippen LogP contribution in [-0.4, -0.2) is 52.0 Å². The van der Waals surface area contributed by atoms with Crippen molar-refractivity contribution in [2.24, 2.45) is 5.41 Å². The Morgan fingerprint density at radius 3 is 2.54 bits per heavy atom. The number of aliphatic hydroxyl groups is 3. The van der Waals surface area contributed by atoms with Crippen molar-refractivity contribution in [3.05, 3.63) is 35.3 Å². The number of phosphoric ester groups is 1. The second kappa shape index (κ2) is 7.81. The standard InChI is InChI=1S/C17H23O10P/c1-5-9-8(2)12(19)11(6-17(9,3)4)27-28(23,24)25-7-10(18)15-13(20)14(21)16(22)26-15/h5,10-11,15,18,20-21H,1,6-7H2,2-4H3,(H,23,24)/p-1/t10-,11?,15+/m0/s1. The van der Waals surface area contributed by atoms with Crippen LogP contribution in [0, 0.1) is 5.41 Å². The van der Waals surface area contributed by atoms with Gasteiger partial charge in [-0.3, -0.25) is 9.36 Å². The van der Waals surface area contributed by atoms with E-state index in [0.29, 0.717) is 11.1 Å². The molecule has 2 rings (SSSR count). The van der Waals surface area contributed by atoms with Crippen molar-refractivity contribution in [3.63, 3.8) is 0 Å². The van der Waals surface area contributed by atoms with Crippen LogP contribution < -0.4 is 4.89 Å². The fraction of sp³-hybridized carbons (Fsp3) is 0.529. The van der Waals surface area contributed by atoms with Crippen LogP contribution in [0.1, 0.15) is 27.2 Å². The first-order valence-corrected chi connectivity index (χ1v) is 9.80. The minimum absolute atomic E-state index is 0.0697. The number of esters is 1. The largest absolute Gasteiger partial charge is 0.756 e. The molecule has 0 aromatic carbocycles. The van der Waals surface area contributed by atoms with Gasteiger partial charge in [0.05, 0.1) is 6.61 Å². The van der Waals surface area contributed by atoms with E-state index in [1.165, 1.54) is 0 Å². The van der Waals surface area contributed by atoms with Crippen LogP contribution in [0.2, 0.25) is 0 Å². The van der Waals surface area contributed by atoms with Crippen LogP contribution in [0.5, 0.6) is 0 Å². The van der Waals surface area contributed by atoms with E-state index in [4.69, 9.17) is 4.52 Å². The fourth-order valence-electron chi connectivity index (χ4n) is 3.23. The molecule has 1 aliphatic carbocycles. The van der Waals surface area contributed by atoms with Gasteiger partial charge in [-0.05, 0) is 29.9 Å². The first-order chi connectivity index (χ1) is 12.8. The van der Waals surface area contributed by atoms with Gasteiger partial charge < -0.3 is 34.0 Å². The predicted molar refractivity (Wildman–Crippen MR) is 92.9 cm³/mol. The van der Waals surface area contributed by atoms with Gasteiger partial charge in [0.2, 0.25) is 5.76 Å². The fourth-order valence-corrected chi connectivity index (χ4v) is 4.11. The molecular formula is C17H22O10P-. The summed E-state index contributed by atoms with van der Waals surface area (Å²) in [5.74, 6) is -3.81. The maximum absolute atomic E-state index is 12.4. The molecule has 2 aliphatic rings. The topological polar surface area (TPSA) is 163 Å². The summed E-state index contributed by atoms with van der Waals surface area (Å²) in [5.41, 5.74) is 0.468. The minimum atomic E-state index is -5.03.